The fourth-order valence-corrected chi connectivity index (χ4v) is 2.27. The van der Waals surface area contributed by atoms with E-state index < -0.39 is 0 Å². The number of hydrogen-bond acceptors (Lipinski definition) is 3. The molecule has 0 amide bonds. The van der Waals surface area contributed by atoms with Crippen molar-refractivity contribution in [1.82, 2.24) is 5.32 Å². The summed E-state index contributed by atoms with van der Waals surface area (Å²) in [7, 11) is 0. The Morgan fingerprint density at radius 1 is 0.895 bits per heavy atom. The van der Waals surface area contributed by atoms with Gasteiger partial charge in [-0.2, -0.15) is 0 Å². The molecule has 0 spiro atoms. The monoisotopic (exact) mass is 319 g/mol. The molecule has 3 nitrogen and oxygen atoms in total. The molecule has 0 radical (unpaired) electrons. The van der Waals surface area contributed by atoms with Gasteiger partial charge in [0.15, 0.2) is 11.5 Å². The van der Waals surface area contributed by atoms with Crippen molar-refractivity contribution in [2.24, 2.45) is 0 Å². The SMILES string of the molecule is Brc1ccc(CNCc2ccc3c(c2)OCO3)cc1. The highest BCUT2D eigenvalue weighted by molar-refractivity contribution is 9.10. The molecule has 4 heteroatoms. The summed E-state index contributed by atoms with van der Waals surface area (Å²) in [6.45, 7) is 1.99. The van der Waals surface area contributed by atoms with Crippen LogP contribution in [0.4, 0.5) is 0 Å². The van der Waals surface area contributed by atoms with Crippen molar-refractivity contribution >= 4 is 15.9 Å². The Labute approximate surface area is 120 Å². The van der Waals surface area contributed by atoms with Crippen LogP contribution in [0.1, 0.15) is 11.1 Å². The lowest BCUT2D eigenvalue weighted by Gasteiger charge is -2.06. The molecule has 1 aliphatic heterocycles. The van der Waals surface area contributed by atoms with Gasteiger partial charge in [0.05, 0.1) is 0 Å². The molecule has 0 atom stereocenters. The molecule has 3 rings (SSSR count). The number of hydrogen-bond donors (Lipinski definition) is 1. The van der Waals surface area contributed by atoms with Gasteiger partial charge in [-0.15, -0.1) is 0 Å². The molecule has 1 aliphatic rings. The summed E-state index contributed by atoms with van der Waals surface area (Å²) in [5.74, 6) is 1.67. The van der Waals surface area contributed by atoms with Crippen LogP contribution >= 0.6 is 15.9 Å². The van der Waals surface area contributed by atoms with Crippen LogP contribution in [0.5, 0.6) is 11.5 Å². The minimum absolute atomic E-state index is 0.325. The Hall–Kier alpha value is -1.52. The topological polar surface area (TPSA) is 30.5 Å². The Bertz CT molecular complexity index is 569. The highest BCUT2D eigenvalue weighted by atomic mass is 79.9. The smallest absolute Gasteiger partial charge is 0.231 e. The van der Waals surface area contributed by atoms with Crippen molar-refractivity contribution in [2.45, 2.75) is 13.1 Å². The Balaban J connectivity index is 1.56. The van der Waals surface area contributed by atoms with E-state index in [0.717, 1.165) is 29.1 Å². The van der Waals surface area contributed by atoms with Gasteiger partial charge in [-0.1, -0.05) is 34.1 Å². The van der Waals surface area contributed by atoms with E-state index in [4.69, 9.17) is 9.47 Å². The van der Waals surface area contributed by atoms with Crippen LogP contribution in [0.15, 0.2) is 46.9 Å². The van der Waals surface area contributed by atoms with Crippen LogP contribution in [-0.2, 0) is 13.1 Å². The molecule has 98 valence electrons. The van der Waals surface area contributed by atoms with Crippen LogP contribution in [0.25, 0.3) is 0 Å². The van der Waals surface area contributed by atoms with E-state index in [9.17, 15) is 0 Å². The molecule has 1 N–H and O–H groups in total. The van der Waals surface area contributed by atoms with E-state index in [1.165, 1.54) is 11.1 Å². The van der Waals surface area contributed by atoms with Crippen LogP contribution in [-0.4, -0.2) is 6.79 Å². The molecule has 1 heterocycles. The van der Waals surface area contributed by atoms with Gasteiger partial charge in [0.2, 0.25) is 6.79 Å². The van der Waals surface area contributed by atoms with Crippen molar-refractivity contribution in [1.29, 1.82) is 0 Å². The van der Waals surface area contributed by atoms with Crippen molar-refractivity contribution in [3.05, 3.63) is 58.1 Å². The van der Waals surface area contributed by atoms with Crippen LogP contribution in [0.3, 0.4) is 0 Å². The predicted octanol–water partition coefficient (Wildman–Crippen LogP) is 3.47. The second kappa shape index (κ2) is 5.63. The molecule has 2 aromatic rings. The quantitative estimate of drug-likeness (QED) is 0.936. The predicted molar refractivity (Wildman–Crippen MR) is 77.3 cm³/mol. The number of nitrogens with one attached hydrogen (secondary N) is 1. The van der Waals surface area contributed by atoms with Crippen molar-refractivity contribution in [3.63, 3.8) is 0 Å². The number of halogens is 1. The fourth-order valence-electron chi connectivity index (χ4n) is 2.00. The Morgan fingerprint density at radius 2 is 1.58 bits per heavy atom. The largest absolute Gasteiger partial charge is 0.454 e. The van der Waals surface area contributed by atoms with Gasteiger partial charge < -0.3 is 14.8 Å². The molecule has 0 aliphatic carbocycles. The summed E-state index contributed by atoms with van der Waals surface area (Å²) in [5, 5.41) is 3.42. The lowest BCUT2D eigenvalue weighted by molar-refractivity contribution is 0.174. The molecule has 2 aromatic carbocycles. The van der Waals surface area contributed by atoms with Gasteiger partial charge >= 0.3 is 0 Å². The second-order valence-electron chi connectivity index (χ2n) is 4.42. The first kappa shape index (κ1) is 12.5. The molecule has 0 saturated carbocycles. The summed E-state index contributed by atoms with van der Waals surface area (Å²) < 4.78 is 11.8. The maximum Gasteiger partial charge on any atom is 0.231 e. The maximum atomic E-state index is 5.36. The summed E-state index contributed by atoms with van der Waals surface area (Å²) >= 11 is 3.43. The van der Waals surface area contributed by atoms with Gasteiger partial charge in [0.25, 0.3) is 0 Å². The number of ether oxygens (including phenoxy) is 2. The Morgan fingerprint density at radius 3 is 2.42 bits per heavy atom. The lowest BCUT2D eigenvalue weighted by atomic mass is 10.2. The van der Waals surface area contributed by atoms with Gasteiger partial charge in [0.1, 0.15) is 0 Å². The summed E-state index contributed by atoms with van der Waals surface area (Å²) in [6, 6.07) is 14.4. The molecule has 0 saturated heterocycles. The van der Waals surface area contributed by atoms with E-state index in [2.05, 4.69) is 51.6 Å². The highest BCUT2D eigenvalue weighted by Gasteiger charge is 2.12. The minimum atomic E-state index is 0.325. The average Bonchev–Trinajstić information content (AvgIpc) is 2.88. The standard InChI is InChI=1S/C15H14BrNO2/c16-13-4-1-11(2-5-13)8-17-9-12-3-6-14-15(7-12)19-10-18-14/h1-7,17H,8-10H2. The minimum Gasteiger partial charge on any atom is -0.454 e. The van der Waals surface area contributed by atoms with E-state index >= 15 is 0 Å². The van der Waals surface area contributed by atoms with Crippen LogP contribution < -0.4 is 14.8 Å². The number of rotatable bonds is 4. The highest BCUT2D eigenvalue weighted by Crippen LogP contribution is 2.32. The molecule has 0 aromatic heterocycles. The molecular weight excluding hydrogens is 306 g/mol. The van der Waals surface area contributed by atoms with E-state index in [1.807, 2.05) is 12.1 Å². The third-order valence-electron chi connectivity index (χ3n) is 3.01. The maximum absolute atomic E-state index is 5.36. The zero-order valence-electron chi connectivity index (χ0n) is 10.4. The van der Waals surface area contributed by atoms with E-state index in [0.29, 0.717) is 6.79 Å². The zero-order chi connectivity index (χ0) is 13.1. The van der Waals surface area contributed by atoms with Gasteiger partial charge in [-0.3, -0.25) is 0 Å². The zero-order valence-corrected chi connectivity index (χ0v) is 11.9. The van der Waals surface area contributed by atoms with Crippen LogP contribution in [0, 0.1) is 0 Å². The molecular formula is C15H14BrNO2. The van der Waals surface area contributed by atoms with Gasteiger partial charge in [-0.05, 0) is 35.4 Å². The fraction of sp³-hybridized carbons (Fsp3) is 0.200. The van der Waals surface area contributed by atoms with E-state index in [-0.39, 0.29) is 0 Å². The summed E-state index contributed by atoms with van der Waals surface area (Å²) in [4.78, 5) is 0. The van der Waals surface area contributed by atoms with Crippen molar-refractivity contribution < 1.29 is 9.47 Å². The number of fused-ring (bicyclic) bond motifs is 1. The normalized spacial score (nSPS) is 12.7. The Kier molecular flexibility index (Phi) is 3.71. The third-order valence-corrected chi connectivity index (χ3v) is 3.54. The van der Waals surface area contributed by atoms with Crippen LogP contribution in [0.2, 0.25) is 0 Å². The second-order valence-corrected chi connectivity index (χ2v) is 5.33. The first-order chi connectivity index (χ1) is 9.31. The van der Waals surface area contributed by atoms with Gasteiger partial charge in [-0.25, -0.2) is 0 Å². The first-order valence-corrected chi connectivity index (χ1v) is 6.94. The molecule has 0 unspecified atom stereocenters. The van der Waals surface area contributed by atoms with Crippen molar-refractivity contribution in [3.8, 4) is 11.5 Å². The molecule has 0 fully saturated rings. The summed E-state index contributed by atoms with van der Waals surface area (Å²) in [6.07, 6.45) is 0. The molecule has 19 heavy (non-hydrogen) atoms. The first-order valence-electron chi connectivity index (χ1n) is 6.15. The average molecular weight is 320 g/mol. The van der Waals surface area contributed by atoms with Crippen molar-refractivity contribution in [2.75, 3.05) is 6.79 Å². The third kappa shape index (κ3) is 3.08. The lowest BCUT2D eigenvalue weighted by Crippen LogP contribution is -2.12. The van der Waals surface area contributed by atoms with Gasteiger partial charge in [0, 0.05) is 17.6 Å². The number of benzene rings is 2. The molecule has 0 bridgehead atoms. The summed E-state index contributed by atoms with van der Waals surface area (Å²) in [5.41, 5.74) is 2.46. The van der Waals surface area contributed by atoms with E-state index in [1.54, 1.807) is 0 Å².